The SMILES string of the molecule is CCCCCCCC(O)=C(C(=O)O)C(=O)CC(O)CCCCC. The Bertz CT molecular complexity index is 387. The van der Waals surface area contributed by atoms with Crippen molar-refractivity contribution >= 4 is 11.8 Å². The predicted octanol–water partition coefficient (Wildman–Crippen LogP) is 4.14. The van der Waals surface area contributed by atoms with Crippen molar-refractivity contribution in [1.82, 2.24) is 0 Å². The lowest BCUT2D eigenvalue weighted by molar-refractivity contribution is -0.135. The lowest BCUT2D eigenvalue weighted by Gasteiger charge is -2.11. The Morgan fingerprint density at radius 2 is 1.43 bits per heavy atom. The highest BCUT2D eigenvalue weighted by molar-refractivity contribution is 6.17. The quantitative estimate of drug-likeness (QED) is 0.146. The van der Waals surface area contributed by atoms with E-state index in [9.17, 15) is 19.8 Å². The molecule has 0 bridgehead atoms. The molecule has 1 unspecified atom stereocenters. The smallest absolute Gasteiger partial charge is 0.342 e. The van der Waals surface area contributed by atoms with Gasteiger partial charge in [-0.2, -0.15) is 0 Å². The van der Waals surface area contributed by atoms with E-state index in [4.69, 9.17) is 5.11 Å². The van der Waals surface area contributed by atoms with Crippen molar-refractivity contribution in [2.45, 2.75) is 90.6 Å². The summed E-state index contributed by atoms with van der Waals surface area (Å²) in [6, 6.07) is 0. The predicted molar refractivity (Wildman–Crippen MR) is 90.4 cm³/mol. The number of carboxylic acids is 1. The third-order valence-electron chi connectivity index (χ3n) is 3.86. The Hall–Kier alpha value is -1.36. The highest BCUT2D eigenvalue weighted by Crippen LogP contribution is 2.17. The molecule has 0 fully saturated rings. The van der Waals surface area contributed by atoms with Gasteiger partial charge in [-0.05, 0) is 12.8 Å². The summed E-state index contributed by atoms with van der Waals surface area (Å²) in [4.78, 5) is 23.3. The molecule has 5 heteroatoms. The molecular weight excluding hydrogens is 296 g/mol. The van der Waals surface area contributed by atoms with Crippen LogP contribution in [0.2, 0.25) is 0 Å². The van der Waals surface area contributed by atoms with E-state index in [-0.39, 0.29) is 18.6 Å². The van der Waals surface area contributed by atoms with Crippen molar-refractivity contribution in [2.75, 3.05) is 0 Å². The van der Waals surface area contributed by atoms with Gasteiger partial charge >= 0.3 is 5.97 Å². The molecule has 1 atom stereocenters. The number of aliphatic hydroxyl groups is 2. The Labute approximate surface area is 139 Å². The van der Waals surface area contributed by atoms with Crippen LogP contribution < -0.4 is 0 Å². The molecule has 0 aliphatic rings. The van der Waals surface area contributed by atoms with Crippen LogP contribution in [0.15, 0.2) is 11.3 Å². The summed E-state index contributed by atoms with van der Waals surface area (Å²) in [5.41, 5.74) is -0.560. The fourth-order valence-electron chi connectivity index (χ4n) is 2.47. The number of hydrogen-bond donors (Lipinski definition) is 3. The Balaban J connectivity index is 4.52. The average molecular weight is 328 g/mol. The average Bonchev–Trinajstić information content (AvgIpc) is 2.46. The number of ketones is 1. The number of carboxylic acid groups (broad SMARTS) is 1. The fourth-order valence-corrected chi connectivity index (χ4v) is 2.47. The largest absolute Gasteiger partial charge is 0.511 e. The molecule has 0 saturated heterocycles. The number of carbonyl (C=O) groups is 2. The van der Waals surface area contributed by atoms with Gasteiger partial charge in [-0.15, -0.1) is 0 Å². The van der Waals surface area contributed by atoms with Gasteiger partial charge in [0.2, 0.25) is 0 Å². The van der Waals surface area contributed by atoms with E-state index in [1.807, 2.05) is 6.92 Å². The maximum atomic E-state index is 12.0. The summed E-state index contributed by atoms with van der Waals surface area (Å²) in [6.07, 6.45) is 7.19. The highest BCUT2D eigenvalue weighted by Gasteiger charge is 2.24. The molecular formula is C18H32O5. The minimum absolute atomic E-state index is 0.197. The van der Waals surface area contributed by atoms with Gasteiger partial charge in [0.15, 0.2) is 5.78 Å². The van der Waals surface area contributed by atoms with E-state index < -0.39 is 23.4 Å². The van der Waals surface area contributed by atoms with Crippen molar-refractivity contribution in [2.24, 2.45) is 0 Å². The summed E-state index contributed by atoms with van der Waals surface area (Å²) < 4.78 is 0. The molecule has 23 heavy (non-hydrogen) atoms. The van der Waals surface area contributed by atoms with Crippen LogP contribution in [-0.2, 0) is 9.59 Å². The van der Waals surface area contributed by atoms with Crippen LogP contribution in [0.25, 0.3) is 0 Å². The molecule has 0 spiro atoms. The Morgan fingerprint density at radius 1 is 0.870 bits per heavy atom. The number of aliphatic carboxylic acids is 1. The first-order chi connectivity index (χ1) is 10.9. The van der Waals surface area contributed by atoms with Crippen molar-refractivity contribution in [3.63, 3.8) is 0 Å². The minimum Gasteiger partial charge on any atom is -0.511 e. The van der Waals surface area contributed by atoms with Crippen LogP contribution in [0.3, 0.4) is 0 Å². The van der Waals surface area contributed by atoms with Crippen molar-refractivity contribution in [3.05, 3.63) is 11.3 Å². The number of hydrogen-bond acceptors (Lipinski definition) is 4. The summed E-state index contributed by atoms with van der Waals surface area (Å²) >= 11 is 0. The minimum atomic E-state index is -1.41. The third kappa shape index (κ3) is 10.1. The molecule has 0 aromatic rings. The van der Waals surface area contributed by atoms with Gasteiger partial charge in [-0.1, -0.05) is 58.8 Å². The fraction of sp³-hybridized carbons (Fsp3) is 0.778. The number of allylic oxidation sites excluding steroid dienone is 1. The Kier molecular flexibility index (Phi) is 12.3. The monoisotopic (exact) mass is 328 g/mol. The molecule has 0 aliphatic heterocycles. The molecule has 0 saturated carbocycles. The molecule has 0 aromatic heterocycles. The standard InChI is InChI=1S/C18H32O5/c1-3-5-7-8-10-12-15(20)17(18(22)23)16(21)13-14(19)11-9-6-4-2/h14,19-20H,3-13H2,1-2H3,(H,22,23). The lowest BCUT2D eigenvalue weighted by Crippen LogP contribution is -2.21. The van der Waals surface area contributed by atoms with Gasteiger partial charge in [0, 0.05) is 12.8 Å². The molecule has 0 rings (SSSR count). The summed E-state index contributed by atoms with van der Waals surface area (Å²) in [5, 5.41) is 28.9. The van der Waals surface area contributed by atoms with Gasteiger partial charge in [0.1, 0.15) is 11.3 Å². The second kappa shape index (κ2) is 13.1. The van der Waals surface area contributed by atoms with E-state index in [1.165, 1.54) is 0 Å². The molecule has 0 radical (unpaired) electrons. The van der Waals surface area contributed by atoms with E-state index in [1.54, 1.807) is 0 Å². The zero-order valence-electron chi connectivity index (χ0n) is 14.5. The summed E-state index contributed by atoms with van der Waals surface area (Å²) in [6.45, 7) is 4.14. The normalized spacial score (nSPS) is 13.5. The van der Waals surface area contributed by atoms with Crippen LogP contribution in [0.4, 0.5) is 0 Å². The molecule has 134 valence electrons. The van der Waals surface area contributed by atoms with Crippen LogP contribution in [0, 0.1) is 0 Å². The summed E-state index contributed by atoms with van der Waals surface area (Å²) in [7, 11) is 0. The number of rotatable bonds is 14. The first kappa shape index (κ1) is 21.6. The van der Waals surface area contributed by atoms with Gasteiger partial charge in [0.05, 0.1) is 6.10 Å². The first-order valence-corrected chi connectivity index (χ1v) is 8.80. The van der Waals surface area contributed by atoms with Gasteiger partial charge in [0.25, 0.3) is 0 Å². The maximum Gasteiger partial charge on any atom is 0.342 e. The highest BCUT2D eigenvalue weighted by atomic mass is 16.4. The maximum absolute atomic E-state index is 12.0. The van der Waals surface area contributed by atoms with E-state index >= 15 is 0 Å². The summed E-state index contributed by atoms with van der Waals surface area (Å²) in [5.74, 6) is -2.46. The van der Waals surface area contributed by atoms with Crippen molar-refractivity contribution in [1.29, 1.82) is 0 Å². The lowest BCUT2D eigenvalue weighted by atomic mass is 9.99. The van der Waals surface area contributed by atoms with E-state index in [0.29, 0.717) is 12.8 Å². The van der Waals surface area contributed by atoms with Crippen LogP contribution in [-0.4, -0.2) is 33.2 Å². The molecule has 0 heterocycles. The zero-order valence-corrected chi connectivity index (χ0v) is 14.5. The van der Waals surface area contributed by atoms with Crippen molar-refractivity contribution in [3.8, 4) is 0 Å². The zero-order chi connectivity index (χ0) is 17.7. The van der Waals surface area contributed by atoms with Crippen LogP contribution in [0.1, 0.15) is 84.5 Å². The number of aliphatic hydroxyl groups excluding tert-OH is 2. The molecule has 5 nitrogen and oxygen atoms in total. The molecule has 0 amide bonds. The second-order valence-corrected chi connectivity index (χ2v) is 6.07. The molecule has 0 aliphatic carbocycles. The molecule has 3 N–H and O–H groups in total. The molecule has 0 aromatic carbocycles. The third-order valence-corrected chi connectivity index (χ3v) is 3.86. The second-order valence-electron chi connectivity index (χ2n) is 6.07. The van der Waals surface area contributed by atoms with Crippen LogP contribution in [0.5, 0.6) is 0 Å². The van der Waals surface area contributed by atoms with Gasteiger partial charge in [-0.25, -0.2) is 4.79 Å². The number of Topliss-reactive ketones (excluding diaryl/α,β-unsaturated/α-hetero) is 1. The van der Waals surface area contributed by atoms with Crippen molar-refractivity contribution < 1.29 is 24.9 Å². The van der Waals surface area contributed by atoms with E-state index in [0.717, 1.165) is 44.9 Å². The van der Waals surface area contributed by atoms with Gasteiger partial charge in [-0.3, -0.25) is 4.79 Å². The Morgan fingerprint density at radius 3 is 2.00 bits per heavy atom. The topological polar surface area (TPSA) is 94.8 Å². The number of carbonyl (C=O) groups excluding carboxylic acids is 1. The van der Waals surface area contributed by atoms with Gasteiger partial charge < -0.3 is 15.3 Å². The van der Waals surface area contributed by atoms with E-state index in [2.05, 4.69) is 6.92 Å². The number of unbranched alkanes of at least 4 members (excludes halogenated alkanes) is 6. The van der Waals surface area contributed by atoms with Crippen LogP contribution >= 0.6 is 0 Å². The first-order valence-electron chi connectivity index (χ1n) is 8.80.